The summed E-state index contributed by atoms with van der Waals surface area (Å²) in [6.07, 6.45) is 12.5. The first kappa shape index (κ1) is 72.0. The maximum absolute atomic E-state index is 11.2. The first-order valence-electron chi connectivity index (χ1n) is 29.7. The molecule has 6 nitrogen and oxygen atoms in total. The Morgan fingerprint density at radius 2 is 0.707 bits per heavy atom. The molecule has 4 N–H and O–H groups in total. The summed E-state index contributed by atoms with van der Waals surface area (Å²) in [7, 11) is 0. The van der Waals surface area contributed by atoms with Crippen LogP contribution in [0, 0.1) is 34.6 Å². The average Bonchev–Trinajstić information content (AvgIpc) is 1.61. The Labute approximate surface area is 626 Å². The van der Waals surface area contributed by atoms with Crippen LogP contribution in [0.2, 0.25) is 0 Å². The number of hydrogen-bond acceptors (Lipinski definition) is 10. The second-order valence-corrected chi connectivity index (χ2v) is 43.6. The summed E-state index contributed by atoms with van der Waals surface area (Å²) in [5, 5.41) is 5.31. The molecule has 14 rings (SSSR count). The maximum atomic E-state index is 11.2. The Hall–Kier alpha value is -4.26. The normalized spacial score (nSPS) is 12.8. The van der Waals surface area contributed by atoms with Crippen LogP contribution >= 0.6 is 144 Å². The van der Waals surface area contributed by atoms with Gasteiger partial charge in [0.15, 0.2) is 0 Å². The molecule has 2 aliphatic carbocycles. The van der Waals surface area contributed by atoms with Crippen molar-refractivity contribution < 1.29 is 22.8 Å². The number of halogens is 6. The molecule has 0 aliphatic heterocycles. The molecule has 470 valence electrons. The van der Waals surface area contributed by atoms with Crippen LogP contribution in [0.4, 0.5) is 22.7 Å². The van der Waals surface area contributed by atoms with Crippen molar-refractivity contribution in [2.24, 2.45) is 9.98 Å². The van der Waals surface area contributed by atoms with Gasteiger partial charge in [-0.1, -0.05) is 97.1 Å². The number of nitrogen functional groups attached to an aromatic ring is 2. The third kappa shape index (κ3) is 16.7. The van der Waals surface area contributed by atoms with Gasteiger partial charge in [-0.3, -0.25) is 19.6 Å². The summed E-state index contributed by atoms with van der Waals surface area (Å²) < 4.78 is 5.11. The van der Waals surface area contributed by atoms with Gasteiger partial charge in [-0.05, 0) is 231 Å². The van der Waals surface area contributed by atoms with Crippen molar-refractivity contribution in [3.05, 3.63) is 234 Å². The van der Waals surface area contributed by atoms with E-state index in [1.807, 2.05) is 127 Å². The van der Waals surface area contributed by atoms with Crippen LogP contribution in [0.5, 0.6) is 0 Å². The van der Waals surface area contributed by atoms with E-state index in [1.165, 1.54) is 116 Å². The van der Waals surface area contributed by atoms with E-state index in [2.05, 4.69) is 199 Å². The van der Waals surface area contributed by atoms with Crippen LogP contribution in [-0.2, 0) is 0 Å². The molecule has 0 amide bonds. The molecule has 0 saturated carbocycles. The molecule has 4 heterocycles. The first-order valence-corrected chi connectivity index (χ1v) is 51.8. The third-order valence-electron chi connectivity index (χ3n) is 16.5. The molecule has 0 atom stereocenters. The number of hydrogen-bond donors (Lipinski definition) is 2. The second-order valence-electron chi connectivity index (χ2n) is 22.3. The number of fused-ring (bicyclic) bond motifs is 4. The minimum absolute atomic E-state index is 0. The summed E-state index contributed by atoms with van der Waals surface area (Å²) >= 11 is 17.0. The molecule has 8 aromatic carbocycles. The number of benzene rings is 8. The molecular weight excluding hydrogens is 1890 g/mol. The largest absolute Gasteiger partial charge is 0.399 e. The minimum atomic E-state index is 0. The van der Waals surface area contributed by atoms with Crippen LogP contribution in [0.25, 0.3) is 84.9 Å². The molecule has 2 aliphatic rings. The number of aryl methyl sites for hydroxylation is 5. The van der Waals surface area contributed by atoms with Crippen molar-refractivity contribution in [2.45, 2.75) is 80.1 Å². The van der Waals surface area contributed by atoms with Crippen molar-refractivity contribution in [2.75, 3.05) is 11.5 Å². The Morgan fingerprint density at radius 3 is 1.04 bits per heavy atom. The quantitative estimate of drug-likeness (QED) is 0.0582. The number of nitrogens with zero attached hydrogens (tertiary/aromatic N) is 2. The first-order chi connectivity index (χ1) is 44.2. The molecule has 4 aromatic heterocycles. The van der Waals surface area contributed by atoms with Gasteiger partial charge in [0.05, 0.1) is 11.4 Å². The predicted octanol–water partition coefficient (Wildman–Crippen LogP) is 23.4. The molecule has 0 bridgehead atoms. The van der Waals surface area contributed by atoms with Gasteiger partial charge >= 0.3 is 50.5 Å². The van der Waals surface area contributed by atoms with Gasteiger partial charge in [-0.25, -0.2) is 0 Å². The number of carbonyl (C=O) groups is 2. The molecule has 0 radical (unpaired) electrons. The predicted molar refractivity (Wildman–Crippen MR) is 448 cm³/mol. The fourth-order valence-electron chi connectivity index (χ4n) is 12.5. The third-order valence-corrected chi connectivity index (χ3v) is 20.7. The van der Waals surface area contributed by atoms with Gasteiger partial charge in [0.1, 0.15) is 12.6 Å². The number of thiophene rings is 4. The van der Waals surface area contributed by atoms with E-state index in [0.717, 1.165) is 95.2 Å². The van der Waals surface area contributed by atoms with Crippen molar-refractivity contribution in [3.8, 4) is 22.3 Å². The zero-order valence-corrected chi connectivity index (χ0v) is 67.9. The van der Waals surface area contributed by atoms with Crippen molar-refractivity contribution >= 4 is 254 Å². The standard InChI is InChI=1S/C39H34N2S2.C25H20O2S2.C12H12N2.I3.I2.HI/c1-5-40-30-15-11-28(12-16-30)29-13-17-31(18-14-29)41-23-27-10-20-35-37(22-27)43-26(4)39(35)33-8-6-7-32(33)38-25(3)42-36-21-24(2)9-19-34(36)38;1-14-24(20-8-6-16(12-26)10-22(20)28-14)18-4-3-5-19(18)25-15(2)29-23-11-17(13-27)7-9-21(23)25;13-11-5-1-9(2-6-11)10-3-7-12(14)8-4-10;1-3-2;1-2;/h5,9-23H,6-8H2,1-4H3;6-13H,3-5H2,1-2H3;1-8H,13-14H2;;;1H/q;;;-1;;. The van der Waals surface area contributed by atoms with Crippen molar-refractivity contribution in [1.82, 2.24) is 0 Å². The zero-order chi connectivity index (χ0) is 64.3. The number of nitrogens with two attached hydrogens (primary N) is 2. The van der Waals surface area contributed by atoms with E-state index in [1.54, 1.807) is 33.8 Å². The van der Waals surface area contributed by atoms with Crippen molar-refractivity contribution in [1.29, 1.82) is 0 Å². The topological polar surface area (TPSA) is 111 Å². The number of aliphatic imine (C=N–C) groups is 2. The molecule has 92 heavy (non-hydrogen) atoms. The van der Waals surface area contributed by atoms with Crippen LogP contribution in [0.1, 0.15) is 119 Å². The van der Waals surface area contributed by atoms with Crippen molar-refractivity contribution in [3.63, 3.8) is 0 Å². The second kappa shape index (κ2) is 34.1. The van der Waals surface area contributed by atoms with E-state index >= 15 is 0 Å². The van der Waals surface area contributed by atoms with Gasteiger partial charge in [0.2, 0.25) is 0 Å². The van der Waals surface area contributed by atoms with Gasteiger partial charge < -0.3 is 11.5 Å². The Balaban J connectivity index is 0.000000175. The number of allylic oxidation sites excluding steroid dienone is 4. The van der Waals surface area contributed by atoms with E-state index in [0.29, 0.717) is 13.3 Å². The SMILES string of the molecule is CC=Nc1ccc(-c2ccc(N=Cc3ccc4c(C5=C(c6c(C)sc7cc(C)ccc67)CCC5)c(C)sc4c3)cc2)cc1.Cc1sc2cc(C=O)ccc2c1C1=C(c2c(C)sc3cc(C=O)ccc23)CCC1.I.II.I[I-]I.Nc1ccc(-c2ccc(N)cc2)cc1. The molecule has 0 fully saturated rings. The van der Waals surface area contributed by atoms with E-state index in [-0.39, 0.29) is 24.0 Å². The minimum Gasteiger partial charge on any atom is -0.399 e. The molecular formula is C76H67I6N4O2S4-. The molecule has 0 unspecified atom stereocenters. The maximum Gasteiger partial charge on any atom is 0.0314 e. The van der Waals surface area contributed by atoms with E-state index < -0.39 is 0 Å². The molecule has 12 aromatic rings. The fourth-order valence-corrected chi connectivity index (χ4v) is 17.1. The molecule has 16 heteroatoms. The average molecular weight is 1960 g/mol. The Bertz CT molecular complexity index is 4590. The van der Waals surface area contributed by atoms with E-state index in [4.69, 9.17) is 16.5 Å². The summed E-state index contributed by atoms with van der Waals surface area (Å²) in [5.41, 5.74) is 35.0. The Kier molecular flexibility index (Phi) is 26.7. The van der Waals surface area contributed by atoms with E-state index in [9.17, 15) is 9.59 Å². The Morgan fingerprint density at radius 1 is 0.413 bits per heavy atom. The smallest absolute Gasteiger partial charge is 0.0314 e. The number of aldehydes is 2. The van der Waals surface area contributed by atoms with Crippen LogP contribution < -0.4 is 24.7 Å². The molecule has 0 saturated heterocycles. The summed E-state index contributed by atoms with van der Waals surface area (Å²) in [6.45, 7) is 13.1. The van der Waals surface area contributed by atoms with Gasteiger partial charge in [-0.15, -0.1) is 69.3 Å². The summed E-state index contributed by atoms with van der Waals surface area (Å²) in [6, 6.07) is 58.2. The number of anilines is 2. The van der Waals surface area contributed by atoms with Gasteiger partial charge in [0.25, 0.3) is 0 Å². The molecule has 0 spiro atoms. The van der Waals surface area contributed by atoms with Gasteiger partial charge in [0, 0.05) is 132 Å². The zero-order valence-electron chi connectivity index (χ0n) is 51.5. The van der Waals surface area contributed by atoms with Crippen LogP contribution in [0.3, 0.4) is 0 Å². The fraction of sp³-hybridized carbons (Fsp3) is 0.158. The monoisotopic (exact) mass is 1960 g/mol. The van der Waals surface area contributed by atoms with Crippen LogP contribution in [0.15, 0.2) is 180 Å². The number of carbonyl (C=O) groups excluding carboxylic acids is 2. The number of rotatable bonds is 11. The summed E-state index contributed by atoms with van der Waals surface area (Å²) in [4.78, 5) is 37.0. The van der Waals surface area contributed by atoms with Crippen LogP contribution in [-0.4, -0.2) is 25.0 Å². The van der Waals surface area contributed by atoms with Gasteiger partial charge in [-0.2, -0.15) is 0 Å². The summed E-state index contributed by atoms with van der Waals surface area (Å²) in [5.74, 6) is 0.